The molecule has 3 aromatic rings. The minimum atomic E-state index is -0.720. The Morgan fingerprint density at radius 3 is 2.29 bits per heavy atom. The molecule has 0 aliphatic carbocycles. The number of amides is 1. The van der Waals surface area contributed by atoms with Gasteiger partial charge in [0.15, 0.2) is 5.78 Å². The lowest BCUT2D eigenvalue weighted by atomic mass is 10.1. The molecular formula is C21H20N2O5. The van der Waals surface area contributed by atoms with Crippen molar-refractivity contribution in [1.29, 1.82) is 0 Å². The summed E-state index contributed by atoms with van der Waals surface area (Å²) in [5.41, 5.74) is 1.33. The molecule has 2 aromatic heterocycles. The molecule has 0 saturated heterocycles. The SMILES string of the molecule is CCOC(=O)c1c(NC(=O)c2ccc(-n3cccc3)cc2)oc(C)c1C(C)=O. The van der Waals surface area contributed by atoms with Crippen LogP contribution in [0.2, 0.25) is 0 Å². The molecule has 144 valence electrons. The summed E-state index contributed by atoms with van der Waals surface area (Å²) >= 11 is 0. The van der Waals surface area contributed by atoms with Crippen LogP contribution in [0.4, 0.5) is 5.88 Å². The molecule has 0 bridgehead atoms. The lowest BCUT2D eigenvalue weighted by Gasteiger charge is -2.07. The molecule has 0 spiro atoms. The number of ketones is 1. The van der Waals surface area contributed by atoms with Gasteiger partial charge in [-0.25, -0.2) is 4.79 Å². The summed E-state index contributed by atoms with van der Waals surface area (Å²) in [4.78, 5) is 36.9. The number of benzene rings is 1. The number of nitrogens with zero attached hydrogens (tertiary/aromatic N) is 1. The van der Waals surface area contributed by atoms with E-state index in [1.165, 1.54) is 6.92 Å². The van der Waals surface area contributed by atoms with Gasteiger partial charge in [0.05, 0.1) is 12.2 Å². The summed E-state index contributed by atoms with van der Waals surface area (Å²) in [7, 11) is 0. The molecule has 7 heteroatoms. The lowest BCUT2D eigenvalue weighted by molar-refractivity contribution is 0.0524. The second-order valence-corrected chi connectivity index (χ2v) is 6.11. The summed E-state index contributed by atoms with van der Waals surface area (Å²) in [6.07, 6.45) is 3.80. The molecule has 1 aromatic carbocycles. The summed E-state index contributed by atoms with van der Waals surface area (Å²) < 4.78 is 12.4. The normalized spacial score (nSPS) is 10.5. The van der Waals surface area contributed by atoms with Gasteiger partial charge in [-0.1, -0.05) is 0 Å². The number of aryl methyl sites for hydroxylation is 1. The predicted octanol–water partition coefficient (Wildman–Crippen LogP) is 4.01. The molecule has 0 saturated carbocycles. The quantitative estimate of drug-likeness (QED) is 0.515. The maximum atomic E-state index is 12.6. The first-order chi connectivity index (χ1) is 13.4. The van der Waals surface area contributed by atoms with E-state index < -0.39 is 11.9 Å². The molecule has 3 rings (SSSR count). The van der Waals surface area contributed by atoms with E-state index in [-0.39, 0.29) is 35.2 Å². The van der Waals surface area contributed by atoms with Gasteiger partial charge >= 0.3 is 5.97 Å². The summed E-state index contributed by atoms with van der Waals surface area (Å²) in [5.74, 6) is -1.38. The van der Waals surface area contributed by atoms with Crippen molar-refractivity contribution in [3.63, 3.8) is 0 Å². The van der Waals surface area contributed by atoms with Gasteiger partial charge in [0, 0.05) is 23.6 Å². The molecule has 1 amide bonds. The fourth-order valence-corrected chi connectivity index (χ4v) is 2.92. The van der Waals surface area contributed by atoms with E-state index in [0.29, 0.717) is 5.56 Å². The average molecular weight is 380 g/mol. The van der Waals surface area contributed by atoms with Crippen LogP contribution in [-0.2, 0) is 4.74 Å². The Labute approximate surface area is 161 Å². The van der Waals surface area contributed by atoms with E-state index in [9.17, 15) is 14.4 Å². The van der Waals surface area contributed by atoms with Crippen LogP contribution in [0.3, 0.4) is 0 Å². The maximum absolute atomic E-state index is 12.6. The predicted molar refractivity (Wildman–Crippen MR) is 103 cm³/mol. The van der Waals surface area contributed by atoms with Gasteiger partial charge < -0.3 is 13.7 Å². The maximum Gasteiger partial charge on any atom is 0.344 e. The number of anilines is 1. The average Bonchev–Trinajstić information content (AvgIpc) is 3.30. The second-order valence-electron chi connectivity index (χ2n) is 6.11. The molecular weight excluding hydrogens is 360 g/mol. The van der Waals surface area contributed by atoms with Crippen LogP contribution in [0.15, 0.2) is 53.2 Å². The Balaban J connectivity index is 1.88. The highest BCUT2D eigenvalue weighted by atomic mass is 16.5. The number of carbonyl (C=O) groups excluding carboxylic acids is 3. The first kappa shape index (κ1) is 19.2. The highest BCUT2D eigenvalue weighted by Gasteiger charge is 2.28. The van der Waals surface area contributed by atoms with Crippen LogP contribution < -0.4 is 5.32 Å². The lowest BCUT2D eigenvalue weighted by Crippen LogP contribution is -2.16. The molecule has 0 atom stereocenters. The Hall–Kier alpha value is -3.61. The van der Waals surface area contributed by atoms with Crippen molar-refractivity contribution in [3.8, 4) is 5.69 Å². The Morgan fingerprint density at radius 2 is 1.71 bits per heavy atom. The Morgan fingerprint density at radius 1 is 1.07 bits per heavy atom. The van der Waals surface area contributed by atoms with E-state index in [4.69, 9.17) is 9.15 Å². The first-order valence-electron chi connectivity index (χ1n) is 8.78. The molecule has 0 fully saturated rings. The number of hydrogen-bond donors (Lipinski definition) is 1. The van der Waals surface area contributed by atoms with Crippen molar-refractivity contribution in [2.45, 2.75) is 20.8 Å². The summed E-state index contributed by atoms with van der Waals surface area (Å²) in [5, 5.41) is 2.57. The largest absolute Gasteiger partial charge is 0.462 e. The first-order valence-corrected chi connectivity index (χ1v) is 8.78. The molecule has 7 nitrogen and oxygen atoms in total. The van der Waals surface area contributed by atoms with Gasteiger partial charge in [0.1, 0.15) is 11.3 Å². The third-order valence-electron chi connectivity index (χ3n) is 4.18. The number of carbonyl (C=O) groups is 3. The standard InChI is InChI=1S/C21H20N2O5/c1-4-27-21(26)18-17(13(2)24)14(3)28-20(18)22-19(25)15-7-9-16(10-8-15)23-11-5-6-12-23/h5-12H,4H2,1-3H3,(H,22,25). The zero-order valence-corrected chi connectivity index (χ0v) is 15.8. The number of furan rings is 1. The van der Waals surface area contributed by atoms with E-state index in [1.807, 2.05) is 29.1 Å². The van der Waals surface area contributed by atoms with Crippen LogP contribution in [-0.4, -0.2) is 28.8 Å². The topological polar surface area (TPSA) is 90.5 Å². The highest BCUT2D eigenvalue weighted by molar-refractivity contribution is 6.12. The summed E-state index contributed by atoms with van der Waals surface area (Å²) in [6.45, 7) is 4.67. The van der Waals surface area contributed by atoms with Crippen molar-refractivity contribution < 1.29 is 23.5 Å². The van der Waals surface area contributed by atoms with Crippen LogP contribution in [0.5, 0.6) is 0 Å². The zero-order chi connectivity index (χ0) is 20.3. The van der Waals surface area contributed by atoms with Gasteiger partial charge in [0.2, 0.25) is 5.88 Å². The van der Waals surface area contributed by atoms with Gasteiger partial charge in [0.25, 0.3) is 5.91 Å². The van der Waals surface area contributed by atoms with Crippen LogP contribution in [0, 0.1) is 6.92 Å². The number of aromatic nitrogens is 1. The number of hydrogen-bond acceptors (Lipinski definition) is 5. The van der Waals surface area contributed by atoms with E-state index in [0.717, 1.165) is 5.69 Å². The van der Waals surface area contributed by atoms with Crippen LogP contribution in [0.25, 0.3) is 5.69 Å². The molecule has 0 aliphatic heterocycles. The van der Waals surface area contributed by atoms with Gasteiger partial charge in [-0.15, -0.1) is 0 Å². The third-order valence-corrected chi connectivity index (χ3v) is 4.18. The zero-order valence-electron chi connectivity index (χ0n) is 15.8. The molecule has 0 aliphatic rings. The van der Waals surface area contributed by atoms with Crippen molar-refractivity contribution in [1.82, 2.24) is 4.57 Å². The molecule has 2 heterocycles. The van der Waals surface area contributed by atoms with E-state index >= 15 is 0 Å². The van der Waals surface area contributed by atoms with Gasteiger partial charge in [-0.3, -0.25) is 14.9 Å². The molecule has 28 heavy (non-hydrogen) atoms. The van der Waals surface area contributed by atoms with Crippen LogP contribution in [0.1, 0.15) is 50.7 Å². The van der Waals surface area contributed by atoms with E-state index in [1.54, 1.807) is 38.1 Å². The molecule has 1 N–H and O–H groups in total. The molecule has 0 radical (unpaired) electrons. The third kappa shape index (κ3) is 3.73. The molecule has 0 unspecified atom stereocenters. The smallest absolute Gasteiger partial charge is 0.344 e. The van der Waals surface area contributed by atoms with Gasteiger partial charge in [-0.05, 0) is 57.2 Å². The Kier molecular flexibility index (Phi) is 5.44. The van der Waals surface area contributed by atoms with E-state index in [2.05, 4.69) is 5.32 Å². The summed E-state index contributed by atoms with van der Waals surface area (Å²) in [6, 6.07) is 10.7. The van der Waals surface area contributed by atoms with Crippen molar-refractivity contribution in [3.05, 3.63) is 71.2 Å². The second kappa shape index (κ2) is 7.96. The monoisotopic (exact) mass is 380 g/mol. The number of esters is 1. The van der Waals surface area contributed by atoms with Gasteiger partial charge in [-0.2, -0.15) is 0 Å². The Bertz CT molecular complexity index is 1010. The van der Waals surface area contributed by atoms with Crippen molar-refractivity contribution >= 4 is 23.5 Å². The van der Waals surface area contributed by atoms with Crippen LogP contribution >= 0.6 is 0 Å². The van der Waals surface area contributed by atoms with Crippen molar-refractivity contribution in [2.24, 2.45) is 0 Å². The number of ether oxygens (including phenoxy) is 1. The fraction of sp³-hybridized carbons (Fsp3) is 0.190. The minimum Gasteiger partial charge on any atom is -0.462 e. The van der Waals surface area contributed by atoms with Crippen molar-refractivity contribution in [2.75, 3.05) is 11.9 Å². The fourth-order valence-electron chi connectivity index (χ4n) is 2.92. The number of nitrogens with one attached hydrogen (secondary N) is 1. The number of rotatable bonds is 6. The highest BCUT2D eigenvalue weighted by Crippen LogP contribution is 2.29. The number of Topliss-reactive ketones (excluding diaryl/α,β-unsaturated/α-hetero) is 1. The minimum absolute atomic E-state index is 0.0656.